The fraction of sp³-hybridized carbons (Fsp3) is 0.250. The second-order valence-electron chi connectivity index (χ2n) is 3.52. The standard InChI is InChI=1S/C12H14N2S2/c1-2-5-14(7-11-9-15-10-13-11)8-12-4-3-6-16-12/h2-4,6,9-10H,1,5,7-8H2. The van der Waals surface area contributed by atoms with Crippen LogP contribution in [-0.4, -0.2) is 16.4 Å². The lowest BCUT2D eigenvalue weighted by Crippen LogP contribution is -2.22. The molecule has 2 aromatic heterocycles. The molecular formula is C12H14N2S2. The Hall–Kier alpha value is -0.970. The molecule has 2 heterocycles. The van der Waals surface area contributed by atoms with Crippen molar-refractivity contribution in [1.29, 1.82) is 0 Å². The number of thiazole rings is 1. The minimum Gasteiger partial charge on any atom is -0.289 e. The van der Waals surface area contributed by atoms with Crippen LogP contribution in [0.25, 0.3) is 0 Å². The molecule has 0 fully saturated rings. The van der Waals surface area contributed by atoms with Gasteiger partial charge in [0.05, 0.1) is 11.2 Å². The number of aromatic nitrogens is 1. The Balaban J connectivity index is 1.97. The Kier molecular flexibility index (Phi) is 4.27. The summed E-state index contributed by atoms with van der Waals surface area (Å²) in [6.45, 7) is 6.57. The van der Waals surface area contributed by atoms with Gasteiger partial charge in [-0.2, -0.15) is 0 Å². The minimum atomic E-state index is 0.896. The molecule has 0 aromatic carbocycles. The highest BCUT2D eigenvalue weighted by atomic mass is 32.1. The number of hydrogen-bond acceptors (Lipinski definition) is 4. The molecule has 2 nitrogen and oxygen atoms in total. The third-order valence-electron chi connectivity index (χ3n) is 2.22. The molecule has 0 saturated heterocycles. The summed E-state index contributed by atoms with van der Waals surface area (Å²) in [7, 11) is 0. The van der Waals surface area contributed by atoms with E-state index < -0.39 is 0 Å². The summed E-state index contributed by atoms with van der Waals surface area (Å²) >= 11 is 3.44. The van der Waals surface area contributed by atoms with E-state index in [0.29, 0.717) is 0 Å². The van der Waals surface area contributed by atoms with Gasteiger partial charge in [0, 0.05) is 29.9 Å². The van der Waals surface area contributed by atoms with Crippen LogP contribution in [0.4, 0.5) is 0 Å². The van der Waals surface area contributed by atoms with Crippen LogP contribution < -0.4 is 0 Å². The lowest BCUT2D eigenvalue weighted by molar-refractivity contribution is 0.286. The van der Waals surface area contributed by atoms with Gasteiger partial charge in [-0.1, -0.05) is 12.1 Å². The van der Waals surface area contributed by atoms with Crippen molar-refractivity contribution in [2.24, 2.45) is 0 Å². The molecule has 0 N–H and O–H groups in total. The van der Waals surface area contributed by atoms with Crippen molar-refractivity contribution in [3.63, 3.8) is 0 Å². The van der Waals surface area contributed by atoms with Crippen molar-refractivity contribution >= 4 is 22.7 Å². The molecule has 16 heavy (non-hydrogen) atoms. The maximum absolute atomic E-state index is 4.31. The van der Waals surface area contributed by atoms with E-state index in [4.69, 9.17) is 0 Å². The number of hydrogen-bond donors (Lipinski definition) is 0. The molecule has 0 saturated carbocycles. The van der Waals surface area contributed by atoms with E-state index in [2.05, 4.69) is 39.4 Å². The molecule has 84 valence electrons. The Morgan fingerprint density at radius 3 is 3.00 bits per heavy atom. The summed E-state index contributed by atoms with van der Waals surface area (Å²) in [5, 5.41) is 4.22. The van der Waals surface area contributed by atoms with Gasteiger partial charge in [-0.3, -0.25) is 4.90 Å². The van der Waals surface area contributed by atoms with Gasteiger partial charge >= 0.3 is 0 Å². The Morgan fingerprint density at radius 2 is 2.38 bits per heavy atom. The van der Waals surface area contributed by atoms with E-state index in [1.54, 1.807) is 22.7 Å². The van der Waals surface area contributed by atoms with Crippen molar-refractivity contribution in [3.05, 3.63) is 51.6 Å². The van der Waals surface area contributed by atoms with Gasteiger partial charge in [0.25, 0.3) is 0 Å². The molecule has 0 spiro atoms. The summed E-state index contributed by atoms with van der Waals surface area (Å²) in [5.74, 6) is 0. The van der Waals surface area contributed by atoms with Gasteiger partial charge in [-0.25, -0.2) is 4.98 Å². The van der Waals surface area contributed by atoms with Crippen LogP contribution >= 0.6 is 22.7 Å². The summed E-state index contributed by atoms with van der Waals surface area (Å²) in [6.07, 6.45) is 1.94. The first-order valence-electron chi connectivity index (χ1n) is 5.11. The largest absolute Gasteiger partial charge is 0.289 e. The first kappa shape index (κ1) is 11.5. The quantitative estimate of drug-likeness (QED) is 0.731. The Morgan fingerprint density at radius 1 is 1.44 bits per heavy atom. The molecule has 0 bridgehead atoms. The molecule has 0 atom stereocenters. The van der Waals surface area contributed by atoms with Gasteiger partial charge in [-0.05, 0) is 11.4 Å². The topological polar surface area (TPSA) is 16.1 Å². The molecule has 0 aliphatic carbocycles. The normalized spacial score (nSPS) is 10.8. The van der Waals surface area contributed by atoms with Crippen molar-refractivity contribution in [2.75, 3.05) is 6.54 Å². The van der Waals surface area contributed by atoms with Gasteiger partial charge in [-0.15, -0.1) is 29.3 Å². The van der Waals surface area contributed by atoms with Crippen molar-refractivity contribution < 1.29 is 0 Å². The van der Waals surface area contributed by atoms with Crippen LogP contribution in [0.5, 0.6) is 0 Å². The zero-order valence-electron chi connectivity index (χ0n) is 9.00. The predicted octanol–water partition coefficient (Wildman–Crippen LogP) is 3.39. The zero-order valence-corrected chi connectivity index (χ0v) is 10.6. The fourth-order valence-electron chi connectivity index (χ4n) is 1.54. The molecule has 0 radical (unpaired) electrons. The number of rotatable bonds is 6. The van der Waals surface area contributed by atoms with Crippen molar-refractivity contribution in [2.45, 2.75) is 13.1 Å². The van der Waals surface area contributed by atoms with Crippen LogP contribution in [0.1, 0.15) is 10.6 Å². The molecule has 2 rings (SSSR count). The highest BCUT2D eigenvalue weighted by Gasteiger charge is 2.07. The van der Waals surface area contributed by atoms with E-state index in [0.717, 1.165) is 25.3 Å². The van der Waals surface area contributed by atoms with Gasteiger partial charge in [0.1, 0.15) is 0 Å². The molecular weight excluding hydrogens is 236 g/mol. The first-order valence-corrected chi connectivity index (χ1v) is 6.93. The summed E-state index contributed by atoms with van der Waals surface area (Å²) in [5.41, 5.74) is 3.02. The average molecular weight is 250 g/mol. The number of thiophene rings is 1. The van der Waals surface area contributed by atoms with Crippen LogP contribution in [0.2, 0.25) is 0 Å². The van der Waals surface area contributed by atoms with E-state index in [1.807, 2.05) is 11.6 Å². The van der Waals surface area contributed by atoms with Crippen LogP contribution in [0, 0.1) is 0 Å². The average Bonchev–Trinajstić information content (AvgIpc) is 2.91. The van der Waals surface area contributed by atoms with Gasteiger partial charge in [0.2, 0.25) is 0 Å². The lowest BCUT2D eigenvalue weighted by atomic mass is 10.3. The Bertz CT molecular complexity index is 370. The SMILES string of the molecule is C=CCN(Cc1cscn1)Cc1cccs1. The van der Waals surface area contributed by atoms with Gasteiger partial charge < -0.3 is 0 Å². The third kappa shape index (κ3) is 3.27. The molecule has 0 amide bonds. The number of nitrogens with zero attached hydrogens (tertiary/aromatic N) is 2. The van der Waals surface area contributed by atoms with Crippen LogP contribution in [-0.2, 0) is 13.1 Å². The zero-order chi connectivity index (χ0) is 11.2. The van der Waals surface area contributed by atoms with Crippen LogP contribution in [0.3, 0.4) is 0 Å². The summed E-state index contributed by atoms with van der Waals surface area (Å²) in [4.78, 5) is 8.04. The molecule has 0 unspecified atom stereocenters. The highest BCUT2D eigenvalue weighted by molar-refractivity contribution is 7.09. The van der Waals surface area contributed by atoms with E-state index >= 15 is 0 Å². The second kappa shape index (κ2) is 5.94. The first-order chi connectivity index (χ1) is 7.88. The second-order valence-corrected chi connectivity index (χ2v) is 5.27. The van der Waals surface area contributed by atoms with Crippen molar-refractivity contribution in [1.82, 2.24) is 9.88 Å². The van der Waals surface area contributed by atoms with Crippen LogP contribution in [0.15, 0.2) is 41.1 Å². The monoisotopic (exact) mass is 250 g/mol. The minimum absolute atomic E-state index is 0.896. The molecule has 4 heteroatoms. The van der Waals surface area contributed by atoms with Crippen molar-refractivity contribution in [3.8, 4) is 0 Å². The Labute approximate surface area is 104 Å². The maximum Gasteiger partial charge on any atom is 0.0795 e. The smallest absolute Gasteiger partial charge is 0.0795 e. The maximum atomic E-state index is 4.31. The van der Waals surface area contributed by atoms with E-state index in [1.165, 1.54) is 4.88 Å². The summed E-state index contributed by atoms with van der Waals surface area (Å²) < 4.78 is 0. The fourth-order valence-corrected chi connectivity index (χ4v) is 2.83. The third-order valence-corrected chi connectivity index (χ3v) is 3.71. The van der Waals surface area contributed by atoms with E-state index in [-0.39, 0.29) is 0 Å². The highest BCUT2D eigenvalue weighted by Crippen LogP contribution is 2.14. The summed E-state index contributed by atoms with van der Waals surface area (Å²) in [6, 6.07) is 4.26. The predicted molar refractivity (Wildman–Crippen MR) is 70.7 cm³/mol. The molecule has 0 aliphatic rings. The van der Waals surface area contributed by atoms with Gasteiger partial charge in [0.15, 0.2) is 0 Å². The van der Waals surface area contributed by atoms with E-state index in [9.17, 15) is 0 Å². The molecule has 0 aliphatic heterocycles. The lowest BCUT2D eigenvalue weighted by Gasteiger charge is -2.18. The molecule has 2 aromatic rings.